The number of benzene rings is 2. The van der Waals surface area contributed by atoms with Gasteiger partial charge < -0.3 is 14.8 Å². The quantitative estimate of drug-likeness (QED) is 0.701. The van der Waals surface area contributed by atoms with Crippen LogP contribution in [-0.4, -0.2) is 29.2 Å². The number of rotatable bonds is 4. The second kappa shape index (κ2) is 7.71. The Morgan fingerprint density at radius 1 is 1.00 bits per heavy atom. The highest BCUT2D eigenvalue weighted by Gasteiger charge is 2.18. The van der Waals surface area contributed by atoms with E-state index >= 15 is 0 Å². The molecule has 0 spiro atoms. The number of aromatic nitrogens is 2. The molecule has 3 heterocycles. The van der Waals surface area contributed by atoms with Crippen LogP contribution in [0.15, 0.2) is 53.7 Å². The molecule has 1 N–H and O–H groups in total. The highest BCUT2D eigenvalue weighted by atomic mass is 16.6. The van der Waals surface area contributed by atoms with Gasteiger partial charge in [0, 0.05) is 24.9 Å². The maximum absolute atomic E-state index is 5.70. The Bertz CT molecular complexity index is 1140. The fourth-order valence-corrected chi connectivity index (χ4v) is 3.90. The highest BCUT2D eigenvalue weighted by Crippen LogP contribution is 2.32. The van der Waals surface area contributed by atoms with Gasteiger partial charge in [0.1, 0.15) is 13.2 Å². The average molecular weight is 400 g/mol. The van der Waals surface area contributed by atoms with Crippen LogP contribution >= 0.6 is 0 Å². The van der Waals surface area contributed by atoms with Gasteiger partial charge in [0.2, 0.25) is 0 Å². The van der Waals surface area contributed by atoms with Crippen LogP contribution in [0.1, 0.15) is 28.7 Å². The van der Waals surface area contributed by atoms with E-state index in [-0.39, 0.29) is 0 Å². The molecule has 0 atom stereocenters. The first-order valence-corrected chi connectivity index (χ1v) is 10.2. The van der Waals surface area contributed by atoms with Crippen molar-refractivity contribution in [3.8, 4) is 17.2 Å². The van der Waals surface area contributed by atoms with Gasteiger partial charge in [-0.15, -0.1) is 0 Å². The van der Waals surface area contributed by atoms with Crippen LogP contribution in [0.5, 0.6) is 11.5 Å². The zero-order chi connectivity index (χ0) is 20.5. The van der Waals surface area contributed by atoms with Gasteiger partial charge in [0.25, 0.3) is 0 Å². The van der Waals surface area contributed by atoms with Crippen LogP contribution < -0.4 is 14.8 Å². The summed E-state index contributed by atoms with van der Waals surface area (Å²) in [5.74, 6) is 2.46. The molecule has 0 saturated carbocycles. The number of fused-ring (bicyclic) bond motifs is 2. The van der Waals surface area contributed by atoms with E-state index in [1.54, 1.807) is 0 Å². The first kappa shape index (κ1) is 18.5. The molecule has 30 heavy (non-hydrogen) atoms. The first-order valence-electron chi connectivity index (χ1n) is 10.2. The van der Waals surface area contributed by atoms with Crippen LogP contribution in [0, 0.1) is 13.8 Å². The van der Waals surface area contributed by atoms with Crippen molar-refractivity contribution >= 4 is 17.7 Å². The second-order valence-corrected chi connectivity index (χ2v) is 7.64. The van der Waals surface area contributed by atoms with Crippen LogP contribution in [0.4, 0.5) is 5.82 Å². The molecule has 0 bridgehead atoms. The van der Waals surface area contributed by atoms with Crippen molar-refractivity contribution in [3.63, 3.8) is 0 Å². The predicted octanol–water partition coefficient (Wildman–Crippen LogP) is 4.50. The molecule has 6 nitrogen and oxygen atoms in total. The lowest BCUT2D eigenvalue weighted by molar-refractivity contribution is 0.171. The molecule has 152 valence electrons. The molecule has 0 radical (unpaired) electrons. The molecule has 2 aliphatic heterocycles. The molecule has 0 amide bonds. The van der Waals surface area contributed by atoms with E-state index in [0.29, 0.717) is 19.8 Å². The standard InChI is InChI=1S/C24H24N4O2/c1-16-10-17(2)12-19(11-16)28-24-20(15-27-28)21(4-3-7-25-24)26-14-18-5-6-22-23(13-18)30-9-8-29-22/h4-7,10-13,15,26H,3,8-9,14H2,1-2H3. The molecular formula is C24H24N4O2. The lowest BCUT2D eigenvalue weighted by Crippen LogP contribution is -2.16. The predicted molar refractivity (Wildman–Crippen MR) is 118 cm³/mol. The van der Waals surface area contributed by atoms with Crippen molar-refractivity contribution in [1.82, 2.24) is 15.1 Å². The van der Waals surface area contributed by atoms with Gasteiger partial charge in [-0.2, -0.15) is 5.10 Å². The van der Waals surface area contributed by atoms with E-state index in [1.165, 1.54) is 11.1 Å². The molecule has 2 aliphatic rings. The molecule has 0 unspecified atom stereocenters. The van der Waals surface area contributed by atoms with Crippen molar-refractivity contribution in [2.24, 2.45) is 4.99 Å². The topological polar surface area (TPSA) is 60.7 Å². The van der Waals surface area contributed by atoms with Crippen molar-refractivity contribution < 1.29 is 9.47 Å². The first-order chi connectivity index (χ1) is 14.7. The largest absolute Gasteiger partial charge is 0.486 e. The third-order valence-corrected chi connectivity index (χ3v) is 5.22. The van der Waals surface area contributed by atoms with E-state index in [0.717, 1.165) is 46.2 Å². The minimum atomic E-state index is 0.591. The Labute approximate surface area is 175 Å². The summed E-state index contributed by atoms with van der Waals surface area (Å²) in [6, 6.07) is 12.5. The Morgan fingerprint density at radius 2 is 1.80 bits per heavy atom. The van der Waals surface area contributed by atoms with Gasteiger partial charge in [-0.05, 0) is 54.8 Å². The third-order valence-electron chi connectivity index (χ3n) is 5.22. The molecule has 0 aliphatic carbocycles. The van der Waals surface area contributed by atoms with Gasteiger partial charge in [-0.25, -0.2) is 9.67 Å². The Balaban J connectivity index is 1.41. The van der Waals surface area contributed by atoms with E-state index < -0.39 is 0 Å². The van der Waals surface area contributed by atoms with E-state index in [9.17, 15) is 0 Å². The number of aryl methyl sites for hydroxylation is 2. The van der Waals surface area contributed by atoms with Gasteiger partial charge in [-0.1, -0.05) is 18.2 Å². The smallest absolute Gasteiger partial charge is 0.164 e. The monoisotopic (exact) mass is 400 g/mol. The summed E-state index contributed by atoms with van der Waals surface area (Å²) in [5, 5.41) is 8.20. The molecule has 3 aromatic rings. The third kappa shape index (κ3) is 3.56. The zero-order valence-electron chi connectivity index (χ0n) is 17.2. The van der Waals surface area contributed by atoms with Crippen molar-refractivity contribution in [2.75, 3.05) is 13.2 Å². The van der Waals surface area contributed by atoms with Crippen LogP contribution in [0.25, 0.3) is 11.4 Å². The van der Waals surface area contributed by atoms with Gasteiger partial charge in [0.05, 0.1) is 17.4 Å². The van der Waals surface area contributed by atoms with Crippen molar-refractivity contribution in [2.45, 2.75) is 26.8 Å². The van der Waals surface area contributed by atoms with Gasteiger partial charge >= 0.3 is 0 Å². The zero-order valence-corrected chi connectivity index (χ0v) is 17.2. The summed E-state index contributed by atoms with van der Waals surface area (Å²) in [6.07, 6.45) is 6.74. The molecule has 2 aromatic carbocycles. The summed E-state index contributed by atoms with van der Waals surface area (Å²) in [6.45, 7) is 6.07. The summed E-state index contributed by atoms with van der Waals surface area (Å²) >= 11 is 0. The maximum atomic E-state index is 5.70. The lowest BCUT2D eigenvalue weighted by atomic mass is 10.1. The normalized spacial score (nSPS) is 14.7. The summed E-state index contributed by atoms with van der Waals surface area (Å²) in [5.41, 5.74) is 6.61. The van der Waals surface area contributed by atoms with Crippen LogP contribution in [-0.2, 0) is 6.54 Å². The number of hydrogen-bond acceptors (Lipinski definition) is 5. The molecule has 0 saturated heterocycles. The number of nitrogens with one attached hydrogen (secondary N) is 1. The molecule has 6 heteroatoms. The van der Waals surface area contributed by atoms with Crippen LogP contribution in [0.3, 0.4) is 0 Å². The number of ether oxygens (including phenoxy) is 2. The summed E-state index contributed by atoms with van der Waals surface area (Å²) in [7, 11) is 0. The maximum Gasteiger partial charge on any atom is 0.164 e. The highest BCUT2D eigenvalue weighted by molar-refractivity contribution is 5.80. The minimum absolute atomic E-state index is 0.591. The fourth-order valence-electron chi connectivity index (χ4n) is 3.90. The summed E-state index contributed by atoms with van der Waals surface area (Å²) in [4.78, 5) is 4.69. The Hall–Kier alpha value is -3.54. The van der Waals surface area contributed by atoms with E-state index in [1.807, 2.05) is 29.2 Å². The lowest BCUT2D eigenvalue weighted by Gasteiger charge is -2.19. The van der Waals surface area contributed by atoms with Gasteiger partial charge in [-0.3, -0.25) is 0 Å². The number of nitrogens with zero attached hydrogens (tertiary/aromatic N) is 3. The van der Waals surface area contributed by atoms with Crippen LogP contribution in [0.2, 0.25) is 0 Å². The van der Waals surface area contributed by atoms with Crippen molar-refractivity contribution in [1.29, 1.82) is 0 Å². The van der Waals surface area contributed by atoms with Crippen molar-refractivity contribution in [3.05, 3.63) is 70.9 Å². The number of aliphatic imine (C=N–C) groups is 1. The Morgan fingerprint density at radius 3 is 2.63 bits per heavy atom. The second-order valence-electron chi connectivity index (χ2n) is 7.64. The molecule has 1 aromatic heterocycles. The molecule has 0 fully saturated rings. The SMILES string of the molecule is Cc1cc(C)cc(-n2ncc3c2N=CCC=C3NCc2ccc3c(c2)OCCO3)c1. The average Bonchev–Trinajstić information content (AvgIpc) is 3.06. The molecular weight excluding hydrogens is 376 g/mol. The van der Waals surface area contributed by atoms with Gasteiger partial charge in [0.15, 0.2) is 17.3 Å². The molecule has 5 rings (SSSR count). The van der Waals surface area contributed by atoms with E-state index in [4.69, 9.17) is 14.5 Å². The van der Waals surface area contributed by atoms with E-state index in [2.05, 4.69) is 54.6 Å². The number of hydrogen-bond donors (Lipinski definition) is 1. The Kier molecular flexibility index (Phi) is 4.75. The number of allylic oxidation sites excluding steroid dienone is 1. The fraction of sp³-hybridized carbons (Fsp3) is 0.250. The summed E-state index contributed by atoms with van der Waals surface area (Å²) < 4.78 is 13.2. The minimum Gasteiger partial charge on any atom is -0.486 e.